The number of aromatic nitrogens is 1. The van der Waals surface area contributed by atoms with Crippen LogP contribution in [-0.4, -0.2) is 16.1 Å². The van der Waals surface area contributed by atoms with Gasteiger partial charge in [-0.3, -0.25) is 0 Å². The highest BCUT2D eigenvalue weighted by Crippen LogP contribution is 2.29. The van der Waals surface area contributed by atoms with Gasteiger partial charge in [0.25, 0.3) is 0 Å². The number of carbonyl (C=O) groups is 1. The second-order valence-electron chi connectivity index (χ2n) is 5.47. The van der Waals surface area contributed by atoms with E-state index in [-0.39, 0.29) is 5.69 Å². The van der Waals surface area contributed by atoms with Gasteiger partial charge in [0.15, 0.2) is 5.69 Å². The third kappa shape index (κ3) is 3.12. The monoisotopic (exact) mass is 326 g/mol. The molecule has 2 N–H and O–H groups in total. The summed E-state index contributed by atoms with van der Waals surface area (Å²) in [5.74, 6) is -1.06. The van der Waals surface area contributed by atoms with Gasteiger partial charge in [0.1, 0.15) is 0 Å². The topological polar surface area (TPSA) is 62.2 Å². The van der Waals surface area contributed by atoms with Gasteiger partial charge < -0.3 is 10.4 Å². The van der Waals surface area contributed by atoms with Gasteiger partial charge in [-0.25, -0.2) is 9.78 Å². The van der Waals surface area contributed by atoms with Crippen LogP contribution in [0.2, 0.25) is 5.02 Å². The number of halogens is 1. The van der Waals surface area contributed by atoms with E-state index in [0.717, 1.165) is 22.2 Å². The molecule has 0 bridgehead atoms. The van der Waals surface area contributed by atoms with Crippen molar-refractivity contribution in [3.63, 3.8) is 0 Å². The van der Waals surface area contributed by atoms with Crippen LogP contribution in [0.15, 0.2) is 42.5 Å². The number of hydrogen-bond acceptors (Lipinski definition) is 3. The fraction of sp³-hybridized carbons (Fsp3) is 0.111. The van der Waals surface area contributed by atoms with Gasteiger partial charge in [-0.1, -0.05) is 29.3 Å². The number of carboxylic acid groups (broad SMARTS) is 1. The summed E-state index contributed by atoms with van der Waals surface area (Å²) < 4.78 is 0. The second kappa shape index (κ2) is 5.89. The number of anilines is 2. The van der Waals surface area contributed by atoms with E-state index < -0.39 is 5.97 Å². The smallest absolute Gasteiger partial charge is 0.354 e. The highest BCUT2D eigenvalue weighted by Gasteiger charge is 2.11. The zero-order valence-electron chi connectivity index (χ0n) is 12.7. The average Bonchev–Trinajstić information content (AvgIpc) is 2.51. The van der Waals surface area contributed by atoms with Crippen molar-refractivity contribution in [3.8, 4) is 0 Å². The van der Waals surface area contributed by atoms with Crippen LogP contribution in [0.3, 0.4) is 0 Å². The molecule has 2 aromatic carbocycles. The van der Waals surface area contributed by atoms with E-state index in [9.17, 15) is 9.90 Å². The Morgan fingerprint density at radius 2 is 1.91 bits per heavy atom. The molecule has 5 heteroatoms. The minimum atomic E-state index is -1.06. The standard InChI is InChI=1S/C18H15ClN2O2/c1-10-3-6-15-13(7-10)16(9-17(21-15)18(22)23)20-12-5-4-11(2)14(19)8-12/h3-9H,1-2H3,(H,20,21)(H,22,23). The lowest BCUT2D eigenvalue weighted by molar-refractivity contribution is 0.0691. The van der Waals surface area contributed by atoms with Gasteiger partial charge in [0, 0.05) is 16.1 Å². The van der Waals surface area contributed by atoms with Crippen LogP contribution in [0.25, 0.3) is 10.9 Å². The number of nitrogens with one attached hydrogen (secondary N) is 1. The second-order valence-corrected chi connectivity index (χ2v) is 5.88. The zero-order chi connectivity index (χ0) is 16.6. The van der Waals surface area contributed by atoms with Crippen molar-refractivity contribution in [2.75, 3.05) is 5.32 Å². The van der Waals surface area contributed by atoms with Crippen molar-refractivity contribution in [1.29, 1.82) is 0 Å². The summed E-state index contributed by atoms with van der Waals surface area (Å²) in [4.78, 5) is 15.5. The van der Waals surface area contributed by atoms with E-state index in [1.165, 1.54) is 6.07 Å². The first-order chi connectivity index (χ1) is 10.9. The predicted molar refractivity (Wildman–Crippen MR) is 92.9 cm³/mol. The first-order valence-electron chi connectivity index (χ1n) is 7.12. The normalized spacial score (nSPS) is 10.7. The minimum absolute atomic E-state index is 0.00191. The van der Waals surface area contributed by atoms with Crippen LogP contribution < -0.4 is 5.32 Å². The van der Waals surface area contributed by atoms with E-state index >= 15 is 0 Å². The molecule has 0 aliphatic heterocycles. The van der Waals surface area contributed by atoms with Crippen LogP contribution >= 0.6 is 11.6 Å². The molecule has 0 spiro atoms. The van der Waals surface area contributed by atoms with Gasteiger partial charge in [-0.05, 0) is 49.7 Å². The highest BCUT2D eigenvalue weighted by molar-refractivity contribution is 6.31. The van der Waals surface area contributed by atoms with Crippen LogP contribution in [-0.2, 0) is 0 Å². The number of nitrogens with zero attached hydrogens (tertiary/aromatic N) is 1. The van der Waals surface area contributed by atoms with Crippen molar-refractivity contribution in [1.82, 2.24) is 4.98 Å². The third-order valence-corrected chi connectivity index (χ3v) is 4.04. The molecule has 116 valence electrons. The van der Waals surface area contributed by atoms with Crippen molar-refractivity contribution in [2.45, 2.75) is 13.8 Å². The molecule has 0 saturated carbocycles. The summed E-state index contributed by atoms with van der Waals surface area (Å²) >= 11 is 6.16. The Labute approximate surface area is 138 Å². The maximum absolute atomic E-state index is 11.3. The summed E-state index contributed by atoms with van der Waals surface area (Å²) in [7, 11) is 0. The van der Waals surface area contributed by atoms with Gasteiger partial charge in [0.05, 0.1) is 11.2 Å². The molecule has 0 atom stereocenters. The van der Waals surface area contributed by atoms with E-state index in [4.69, 9.17) is 11.6 Å². The number of hydrogen-bond donors (Lipinski definition) is 2. The minimum Gasteiger partial charge on any atom is -0.477 e. The Kier molecular flexibility index (Phi) is 3.92. The highest BCUT2D eigenvalue weighted by atomic mass is 35.5. The number of pyridine rings is 1. The predicted octanol–water partition coefficient (Wildman–Crippen LogP) is 4.95. The van der Waals surface area contributed by atoms with Crippen molar-refractivity contribution >= 4 is 39.8 Å². The van der Waals surface area contributed by atoms with E-state index in [2.05, 4.69) is 10.3 Å². The molecule has 0 saturated heterocycles. The Bertz CT molecular complexity index is 922. The molecule has 0 fully saturated rings. The number of aromatic carboxylic acids is 1. The lowest BCUT2D eigenvalue weighted by atomic mass is 10.1. The first kappa shape index (κ1) is 15.3. The summed E-state index contributed by atoms with van der Waals surface area (Å²) in [5, 5.41) is 14.0. The van der Waals surface area contributed by atoms with Crippen LogP contribution in [0, 0.1) is 13.8 Å². The van der Waals surface area contributed by atoms with Gasteiger partial charge in [-0.15, -0.1) is 0 Å². The summed E-state index contributed by atoms with van der Waals surface area (Å²) in [6.07, 6.45) is 0. The molecule has 1 heterocycles. The third-order valence-electron chi connectivity index (χ3n) is 3.63. The maximum atomic E-state index is 11.3. The van der Waals surface area contributed by atoms with Crippen molar-refractivity contribution < 1.29 is 9.90 Å². The van der Waals surface area contributed by atoms with Crippen molar-refractivity contribution in [3.05, 3.63) is 64.3 Å². The molecule has 4 nitrogen and oxygen atoms in total. The fourth-order valence-electron chi connectivity index (χ4n) is 2.38. The van der Waals surface area contributed by atoms with Crippen molar-refractivity contribution in [2.24, 2.45) is 0 Å². The quantitative estimate of drug-likeness (QED) is 0.715. The van der Waals surface area contributed by atoms with Gasteiger partial charge in [0.2, 0.25) is 0 Å². The molecule has 3 aromatic rings. The molecule has 3 rings (SSSR count). The molecule has 23 heavy (non-hydrogen) atoms. The summed E-state index contributed by atoms with van der Waals surface area (Å²) in [6, 6.07) is 12.9. The number of rotatable bonds is 3. The largest absolute Gasteiger partial charge is 0.477 e. The molecule has 0 unspecified atom stereocenters. The summed E-state index contributed by atoms with van der Waals surface area (Å²) in [5.41, 5.74) is 4.19. The molecule has 0 aliphatic carbocycles. The Morgan fingerprint density at radius 1 is 1.13 bits per heavy atom. The van der Waals surface area contributed by atoms with Crippen LogP contribution in [0.1, 0.15) is 21.6 Å². The van der Waals surface area contributed by atoms with Crippen LogP contribution in [0.4, 0.5) is 11.4 Å². The lowest BCUT2D eigenvalue weighted by Gasteiger charge is -2.12. The number of aryl methyl sites for hydroxylation is 2. The number of carboxylic acids is 1. The first-order valence-corrected chi connectivity index (χ1v) is 7.50. The lowest BCUT2D eigenvalue weighted by Crippen LogP contribution is -2.03. The van der Waals surface area contributed by atoms with Gasteiger partial charge in [-0.2, -0.15) is 0 Å². The molecule has 0 amide bonds. The van der Waals surface area contributed by atoms with Crippen LogP contribution in [0.5, 0.6) is 0 Å². The Morgan fingerprint density at radius 3 is 2.61 bits per heavy atom. The van der Waals surface area contributed by atoms with E-state index in [1.807, 2.05) is 50.2 Å². The molecule has 0 radical (unpaired) electrons. The van der Waals surface area contributed by atoms with Gasteiger partial charge >= 0.3 is 5.97 Å². The van der Waals surface area contributed by atoms with E-state index in [1.54, 1.807) is 0 Å². The average molecular weight is 327 g/mol. The zero-order valence-corrected chi connectivity index (χ0v) is 13.5. The SMILES string of the molecule is Cc1ccc2nc(C(=O)O)cc(Nc3ccc(C)c(Cl)c3)c2c1. The fourth-order valence-corrected chi connectivity index (χ4v) is 2.56. The van der Waals surface area contributed by atoms with E-state index in [0.29, 0.717) is 16.2 Å². The number of fused-ring (bicyclic) bond motifs is 1. The number of benzene rings is 2. The molecule has 1 aromatic heterocycles. The molecular weight excluding hydrogens is 312 g/mol. The molecular formula is C18H15ClN2O2. The Balaban J connectivity index is 2.15. The summed E-state index contributed by atoms with van der Waals surface area (Å²) in [6.45, 7) is 3.91. The maximum Gasteiger partial charge on any atom is 0.354 e. The molecule has 0 aliphatic rings. The Hall–Kier alpha value is -2.59.